The van der Waals surface area contributed by atoms with Crippen molar-refractivity contribution in [3.8, 4) is 5.75 Å². The van der Waals surface area contributed by atoms with Gasteiger partial charge in [-0.3, -0.25) is 4.79 Å². The highest BCUT2D eigenvalue weighted by molar-refractivity contribution is 5.75. The molecule has 1 aliphatic rings. The normalized spacial score (nSPS) is 21.5. The Balaban J connectivity index is 1.77. The predicted octanol–water partition coefficient (Wildman–Crippen LogP) is 1.70. The number of rotatable bonds is 4. The van der Waals surface area contributed by atoms with Crippen LogP contribution < -0.4 is 0 Å². The van der Waals surface area contributed by atoms with Crippen molar-refractivity contribution < 1.29 is 14.6 Å². The van der Waals surface area contributed by atoms with Crippen molar-refractivity contribution >= 4 is 5.97 Å². The summed E-state index contributed by atoms with van der Waals surface area (Å²) in [6.45, 7) is 0.433. The Kier molecular flexibility index (Phi) is 3.64. The number of aromatic hydroxyl groups is 1. The van der Waals surface area contributed by atoms with Gasteiger partial charge in [-0.1, -0.05) is 18.2 Å². The van der Waals surface area contributed by atoms with E-state index in [1.54, 1.807) is 18.5 Å². The molecule has 2 atom stereocenters. The first-order valence-electron chi connectivity index (χ1n) is 7.04. The van der Waals surface area contributed by atoms with Crippen LogP contribution in [0.25, 0.3) is 0 Å². The molecule has 1 aliphatic heterocycles. The van der Waals surface area contributed by atoms with Crippen LogP contribution in [-0.2, 0) is 29.4 Å². The van der Waals surface area contributed by atoms with Gasteiger partial charge in [-0.25, -0.2) is 4.98 Å². The Hall–Kier alpha value is -2.30. The van der Waals surface area contributed by atoms with Gasteiger partial charge in [-0.2, -0.15) is 0 Å². The SMILES string of the molecule is Cn1cncc1C[C@H]1COC(=O)[C@H]1Cc1ccccc1O. The molecule has 0 radical (unpaired) electrons. The van der Waals surface area contributed by atoms with E-state index in [2.05, 4.69) is 4.98 Å². The number of carbonyl (C=O) groups excluding carboxylic acids is 1. The molecular weight excluding hydrogens is 268 g/mol. The fraction of sp³-hybridized carbons (Fsp3) is 0.375. The van der Waals surface area contributed by atoms with E-state index in [0.29, 0.717) is 13.0 Å². The molecule has 1 N–H and O–H groups in total. The third kappa shape index (κ3) is 2.77. The fourth-order valence-electron chi connectivity index (χ4n) is 2.83. The lowest BCUT2D eigenvalue weighted by molar-refractivity contribution is -0.141. The Bertz CT molecular complexity index is 650. The molecule has 2 aromatic rings. The van der Waals surface area contributed by atoms with Crippen molar-refractivity contribution in [1.29, 1.82) is 0 Å². The molecule has 1 aromatic carbocycles. The van der Waals surface area contributed by atoms with Crippen LogP contribution in [-0.4, -0.2) is 27.2 Å². The molecule has 1 saturated heterocycles. The fourth-order valence-corrected chi connectivity index (χ4v) is 2.83. The first-order chi connectivity index (χ1) is 10.1. The summed E-state index contributed by atoms with van der Waals surface area (Å²) in [5.74, 6) is -0.0392. The number of imidazole rings is 1. The van der Waals surface area contributed by atoms with E-state index >= 15 is 0 Å². The predicted molar refractivity (Wildman–Crippen MR) is 76.7 cm³/mol. The van der Waals surface area contributed by atoms with Crippen LogP contribution in [0.1, 0.15) is 11.3 Å². The van der Waals surface area contributed by atoms with Gasteiger partial charge in [-0.15, -0.1) is 0 Å². The lowest BCUT2D eigenvalue weighted by Crippen LogP contribution is -2.21. The highest BCUT2D eigenvalue weighted by atomic mass is 16.5. The molecule has 2 heterocycles. The molecule has 5 nitrogen and oxygen atoms in total. The largest absolute Gasteiger partial charge is 0.508 e. The zero-order valence-corrected chi connectivity index (χ0v) is 11.9. The Morgan fingerprint density at radius 2 is 2.19 bits per heavy atom. The third-order valence-corrected chi connectivity index (χ3v) is 4.13. The molecule has 0 unspecified atom stereocenters. The number of aromatic nitrogens is 2. The second kappa shape index (κ2) is 5.60. The molecule has 0 bridgehead atoms. The molecule has 1 aromatic heterocycles. The number of cyclic esters (lactones) is 1. The van der Waals surface area contributed by atoms with E-state index in [-0.39, 0.29) is 23.6 Å². The van der Waals surface area contributed by atoms with E-state index in [1.165, 1.54) is 0 Å². The molecule has 21 heavy (non-hydrogen) atoms. The van der Waals surface area contributed by atoms with E-state index in [1.807, 2.05) is 29.9 Å². The zero-order chi connectivity index (χ0) is 14.8. The molecule has 3 rings (SSSR count). The molecule has 110 valence electrons. The van der Waals surface area contributed by atoms with Gasteiger partial charge < -0.3 is 14.4 Å². The topological polar surface area (TPSA) is 64.4 Å². The maximum Gasteiger partial charge on any atom is 0.309 e. The summed E-state index contributed by atoms with van der Waals surface area (Å²) in [6.07, 6.45) is 4.83. The first-order valence-corrected chi connectivity index (χ1v) is 7.04. The zero-order valence-electron chi connectivity index (χ0n) is 11.9. The van der Waals surface area contributed by atoms with E-state index in [0.717, 1.165) is 17.7 Å². The molecule has 5 heteroatoms. The molecular formula is C16H18N2O3. The van der Waals surface area contributed by atoms with Crippen molar-refractivity contribution in [1.82, 2.24) is 9.55 Å². The molecule has 1 fully saturated rings. The highest BCUT2D eigenvalue weighted by Crippen LogP contribution is 2.31. The maximum atomic E-state index is 12.0. The van der Waals surface area contributed by atoms with Crippen LogP contribution in [0.3, 0.4) is 0 Å². The number of hydrogen-bond acceptors (Lipinski definition) is 4. The standard InChI is InChI=1S/C16H18N2O3/c1-18-10-17-8-13(18)6-12-9-21-16(20)14(12)7-11-4-2-3-5-15(11)19/h2-5,8,10,12,14,19H,6-7,9H2,1H3/t12-,14-/m0/s1. The molecule has 0 amide bonds. The number of phenolic OH excluding ortho intramolecular Hbond substituents is 1. The smallest absolute Gasteiger partial charge is 0.309 e. The summed E-state index contributed by atoms with van der Waals surface area (Å²) in [4.78, 5) is 16.1. The summed E-state index contributed by atoms with van der Waals surface area (Å²) in [5, 5.41) is 9.88. The van der Waals surface area contributed by atoms with Gasteiger partial charge in [0.05, 0.1) is 18.9 Å². The molecule has 0 aliphatic carbocycles. The number of phenols is 1. The number of para-hydroxylation sites is 1. The van der Waals surface area contributed by atoms with Gasteiger partial charge in [0.25, 0.3) is 0 Å². The summed E-state index contributed by atoms with van der Waals surface area (Å²) in [5.41, 5.74) is 1.87. The third-order valence-electron chi connectivity index (χ3n) is 4.13. The monoisotopic (exact) mass is 286 g/mol. The number of hydrogen-bond donors (Lipinski definition) is 1. The number of carbonyl (C=O) groups is 1. The minimum absolute atomic E-state index is 0.118. The van der Waals surface area contributed by atoms with E-state index in [4.69, 9.17) is 4.74 Å². The van der Waals surface area contributed by atoms with Crippen LogP contribution in [0.4, 0.5) is 0 Å². The van der Waals surface area contributed by atoms with Crippen molar-refractivity contribution in [2.75, 3.05) is 6.61 Å². The van der Waals surface area contributed by atoms with Gasteiger partial charge in [0, 0.05) is 24.9 Å². The summed E-state index contributed by atoms with van der Waals surface area (Å²) in [6, 6.07) is 7.14. The second-order valence-corrected chi connectivity index (χ2v) is 5.53. The van der Waals surface area contributed by atoms with Gasteiger partial charge >= 0.3 is 5.97 Å². The van der Waals surface area contributed by atoms with Crippen LogP contribution in [0.5, 0.6) is 5.75 Å². The highest BCUT2D eigenvalue weighted by Gasteiger charge is 2.37. The maximum absolute atomic E-state index is 12.0. The Morgan fingerprint density at radius 1 is 1.38 bits per heavy atom. The lowest BCUT2D eigenvalue weighted by atomic mass is 9.86. The molecule has 0 saturated carbocycles. The lowest BCUT2D eigenvalue weighted by Gasteiger charge is -2.16. The summed E-state index contributed by atoms with van der Waals surface area (Å²) < 4.78 is 7.19. The van der Waals surface area contributed by atoms with E-state index < -0.39 is 0 Å². The molecule has 0 spiro atoms. The van der Waals surface area contributed by atoms with Crippen LogP contribution in [0.2, 0.25) is 0 Å². The van der Waals surface area contributed by atoms with Crippen LogP contribution in [0.15, 0.2) is 36.8 Å². The van der Waals surface area contributed by atoms with Crippen LogP contribution in [0, 0.1) is 11.8 Å². The number of nitrogens with zero attached hydrogens (tertiary/aromatic N) is 2. The Morgan fingerprint density at radius 3 is 2.90 bits per heavy atom. The average molecular weight is 286 g/mol. The van der Waals surface area contributed by atoms with Crippen molar-refractivity contribution in [2.24, 2.45) is 18.9 Å². The number of benzene rings is 1. The number of ether oxygens (including phenoxy) is 1. The minimum Gasteiger partial charge on any atom is -0.508 e. The average Bonchev–Trinajstić information content (AvgIpc) is 3.02. The van der Waals surface area contributed by atoms with Gasteiger partial charge in [0.1, 0.15) is 5.75 Å². The van der Waals surface area contributed by atoms with Gasteiger partial charge in [0.15, 0.2) is 0 Å². The van der Waals surface area contributed by atoms with Gasteiger partial charge in [-0.05, 0) is 24.5 Å². The summed E-state index contributed by atoms with van der Waals surface area (Å²) >= 11 is 0. The van der Waals surface area contributed by atoms with Gasteiger partial charge in [0.2, 0.25) is 0 Å². The minimum atomic E-state index is -0.215. The van der Waals surface area contributed by atoms with Crippen molar-refractivity contribution in [3.63, 3.8) is 0 Å². The first kappa shape index (κ1) is 13.7. The number of esters is 1. The second-order valence-electron chi connectivity index (χ2n) is 5.53. The van der Waals surface area contributed by atoms with Crippen LogP contribution >= 0.6 is 0 Å². The van der Waals surface area contributed by atoms with Crippen molar-refractivity contribution in [3.05, 3.63) is 48.0 Å². The summed E-state index contributed by atoms with van der Waals surface area (Å²) in [7, 11) is 1.94. The number of aryl methyl sites for hydroxylation is 1. The Labute approximate surface area is 123 Å². The van der Waals surface area contributed by atoms with E-state index in [9.17, 15) is 9.90 Å². The van der Waals surface area contributed by atoms with Crippen molar-refractivity contribution in [2.45, 2.75) is 12.8 Å². The quantitative estimate of drug-likeness (QED) is 0.869.